The third-order valence-electron chi connectivity index (χ3n) is 3.14. The summed E-state index contributed by atoms with van der Waals surface area (Å²) in [6.45, 7) is 3.85. The van der Waals surface area contributed by atoms with Crippen LogP contribution in [-0.4, -0.2) is 31.2 Å². The number of fused-ring (bicyclic) bond motifs is 1. The second-order valence-corrected chi connectivity index (χ2v) is 4.23. The van der Waals surface area contributed by atoms with E-state index in [9.17, 15) is 4.39 Å². The van der Waals surface area contributed by atoms with Crippen LogP contribution in [0.15, 0.2) is 30.5 Å². The number of piperazine rings is 1. The van der Waals surface area contributed by atoms with Crippen LogP contribution in [0.5, 0.6) is 0 Å². The second kappa shape index (κ2) is 6.89. The van der Waals surface area contributed by atoms with Crippen LogP contribution in [0.2, 0.25) is 0 Å². The third-order valence-corrected chi connectivity index (χ3v) is 3.14. The maximum Gasteiger partial charge on any atom is 0.124 e. The van der Waals surface area contributed by atoms with Crippen LogP contribution in [0.3, 0.4) is 0 Å². The molecule has 0 spiro atoms. The van der Waals surface area contributed by atoms with Crippen molar-refractivity contribution in [2.24, 2.45) is 0 Å². The molecule has 0 unspecified atom stereocenters. The lowest BCUT2D eigenvalue weighted by Gasteiger charge is -2.30. The van der Waals surface area contributed by atoms with E-state index in [1.165, 1.54) is 6.07 Å². The molecule has 0 amide bonds. The lowest BCUT2D eigenvalue weighted by Crippen LogP contribution is -2.43. The van der Waals surface area contributed by atoms with Gasteiger partial charge in [0.1, 0.15) is 5.82 Å². The van der Waals surface area contributed by atoms with Gasteiger partial charge in [-0.15, -0.1) is 24.8 Å². The van der Waals surface area contributed by atoms with Crippen LogP contribution in [-0.2, 0) is 0 Å². The molecule has 1 aromatic heterocycles. The zero-order valence-corrected chi connectivity index (χ0v) is 11.9. The molecule has 19 heavy (non-hydrogen) atoms. The fourth-order valence-electron chi connectivity index (χ4n) is 2.29. The molecule has 0 saturated carbocycles. The Balaban J connectivity index is 0.000000902. The van der Waals surface area contributed by atoms with Crippen molar-refractivity contribution in [2.75, 3.05) is 31.1 Å². The number of nitrogens with zero attached hydrogens (tertiary/aromatic N) is 2. The van der Waals surface area contributed by atoms with Crippen molar-refractivity contribution in [1.82, 2.24) is 10.3 Å². The number of halogens is 3. The Hall–Kier alpha value is -1.10. The van der Waals surface area contributed by atoms with Crippen molar-refractivity contribution >= 4 is 41.4 Å². The quantitative estimate of drug-likeness (QED) is 0.878. The molecule has 2 heterocycles. The van der Waals surface area contributed by atoms with Crippen molar-refractivity contribution in [3.05, 3.63) is 36.3 Å². The van der Waals surface area contributed by atoms with E-state index >= 15 is 0 Å². The monoisotopic (exact) mass is 303 g/mol. The van der Waals surface area contributed by atoms with Gasteiger partial charge in [0.25, 0.3) is 0 Å². The fraction of sp³-hybridized carbons (Fsp3) is 0.308. The van der Waals surface area contributed by atoms with Crippen LogP contribution in [0.1, 0.15) is 0 Å². The van der Waals surface area contributed by atoms with Gasteiger partial charge in [-0.3, -0.25) is 4.98 Å². The molecule has 1 aliphatic heterocycles. The summed E-state index contributed by atoms with van der Waals surface area (Å²) >= 11 is 0. The molecule has 0 bridgehead atoms. The molecule has 0 radical (unpaired) electrons. The first-order valence-electron chi connectivity index (χ1n) is 5.84. The minimum atomic E-state index is -0.207. The molecule has 1 saturated heterocycles. The SMILES string of the molecule is Cl.Cl.Fc1ccc2nccc(N3CCNCC3)c2c1. The molecule has 6 heteroatoms. The first-order valence-corrected chi connectivity index (χ1v) is 5.84. The van der Waals surface area contributed by atoms with Gasteiger partial charge >= 0.3 is 0 Å². The molecule has 1 N–H and O–H groups in total. The Morgan fingerprint density at radius 2 is 1.84 bits per heavy atom. The van der Waals surface area contributed by atoms with E-state index in [1.807, 2.05) is 6.07 Å². The Kier molecular flexibility index (Phi) is 5.79. The number of aromatic nitrogens is 1. The lowest BCUT2D eigenvalue weighted by molar-refractivity contribution is 0.590. The molecule has 3 rings (SSSR count). The molecule has 1 aliphatic rings. The summed E-state index contributed by atoms with van der Waals surface area (Å²) in [5.74, 6) is -0.207. The first kappa shape index (κ1) is 16.0. The normalized spacial score (nSPS) is 14.7. The summed E-state index contributed by atoms with van der Waals surface area (Å²) in [5.41, 5.74) is 1.93. The number of hydrogen-bond donors (Lipinski definition) is 1. The number of anilines is 1. The maximum absolute atomic E-state index is 13.3. The summed E-state index contributed by atoms with van der Waals surface area (Å²) in [4.78, 5) is 6.55. The largest absolute Gasteiger partial charge is 0.368 e. The summed E-state index contributed by atoms with van der Waals surface area (Å²) < 4.78 is 13.3. The van der Waals surface area contributed by atoms with E-state index in [0.717, 1.165) is 42.8 Å². The lowest BCUT2D eigenvalue weighted by atomic mass is 10.1. The highest BCUT2D eigenvalue weighted by atomic mass is 35.5. The smallest absolute Gasteiger partial charge is 0.124 e. The zero-order chi connectivity index (χ0) is 11.7. The van der Waals surface area contributed by atoms with Gasteiger partial charge in [0.05, 0.1) is 5.52 Å². The van der Waals surface area contributed by atoms with Gasteiger partial charge in [-0.25, -0.2) is 4.39 Å². The van der Waals surface area contributed by atoms with Crippen molar-refractivity contribution in [3.63, 3.8) is 0 Å². The van der Waals surface area contributed by atoms with E-state index in [1.54, 1.807) is 18.3 Å². The molecule has 104 valence electrons. The van der Waals surface area contributed by atoms with Crippen molar-refractivity contribution in [1.29, 1.82) is 0 Å². The molecule has 1 aromatic carbocycles. The van der Waals surface area contributed by atoms with Gasteiger partial charge < -0.3 is 10.2 Å². The standard InChI is InChI=1S/C13H14FN3.2ClH/c14-10-1-2-12-11(9-10)13(3-4-16-12)17-7-5-15-6-8-17;;/h1-4,9,15H,5-8H2;2*1H. The molecular formula is C13H16Cl2FN3. The minimum Gasteiger partial charge on any atom is -0.368 e. The summed E-state index contributed by atoms with van der Waals surface area (Å²) in [6, 6.07) is 6.72. The number of nitrogens with one attached hydrogen (secondary N) is 1. The van der Waals surface area contributed by atoms with Gasteiger partial charge in [-0.1, -0.05) is 0 Å². The molecular weight excluding hydrogens is 288 g/mol. The molecule has 0 atom stereocenters. The molecule has 3 nitrogen and oxygen atoms in total. The van der Waals surface area contributed by atoms with Gasteiger partial charge in [-0.05, 0) is 24.3 Å². The minimum absolute atomic E-state index is 0. The number of hydrogen-bond acceptors (Lipinski definition) is 3. The maximum atomic E-state index is 13.3. The highest BCUT2D eigenvalue weighted by molar-refractivity contribution is 5.91. The zero-order valence-electron chi connectivity index (χ0n) is 10.3. The Morgan fingerprint density at radius 3 is 2.58 bits per heavy atom. The van der Waals surface area contributed by atoms with E-state index in [0.29, 0.717) is 0 Å². The summed E-state index contributed by atoms with van der Waals surface area (Å²) in [6.07, 6.45) is 1.79. The van der Waals surface area contributed by atoms with Gasteiger partial charge in [-0.2, -0.15) is 0 Å². The number of pyridine rings is 1. The second-order valence-electron chi connectivity index (χ2n) is 4.23. The van der Waals surface area contributed by atoms with Crippen molar-refractivity contribution in [3.8, 4) is 0 Å². The molecule has 2 aromatic rings. The number of benzene rings is 1. The van der Waals surface area contributed by atoms with Crippen LogP contribution >= 0.6 is 24.8 Å². The predicted molar refractivity (Wildman–Crippen MR) is 81.3 cm³/mol. The van der Waals surface area contributed by atoms with Crippen LogP contribution in [0.4, 0.5) is 10.1 Å². The first-order chi connectivity index (χ1) is 8.34. The Labute approximate surface area is 124 Å². The van der Waals surface area contributed by atoms with Crippen molar-refractivity contribution in [2.45, 2.75) is 0 Å². The van der Waals surface area contributed by atoms with Gasteiger partial charge in [0, 0.05) is 43.4 Å². The highest BCUT2D eigenvalue weighted by Crippen LogP contribution is 2.26. The average molecular weight is 304 g/mol. The summed E-state index contributed by atoms with van der Waals surface area (Å²) in [5, 5.41) is 4.21. The number of rotatable bonds is 1. The highest BCUT2D eigenvalue weighted by Gasteiger charge is 2.13. The average Bonchev–Trinajstić information content (AvgIpc) is 2.39. The molecule has 1 fully saturated rings. The van der Waals surface area contributed by atoms with E-state index < -0.39 is 0 Å². The third kappa shape index (κ3) is 3.26. The van der Waals surface area contributed by atoms with Gasteiger partial charge in [0.2, 0.25) is 0 Å². The van der Waals surface area contributed by atoms with Crippen LogP contribution in [0.25, 0.3) is 10.9 Å². The fourth-order valence-corrected chi connectivity index (χ4v) is 2.29. The van der Waals surface area contributed by atoms with Crippen LogP contribution < -0.4 is 10.2 Å². The van der Waals surface area contributed by atoms with Crippen molar-refractivity contribution < 1.29 is 4.39 Å². The topological polar surface area (TPSA) is 28.2 Å². The van der Waals surface area contributed by atoms with E-state index in [-0.39, 0.29) is 30.6 Å². The van der Waals surface area contributed by atoms with E-state index in [2.05, 4.69) is 15.2 Å². The van der Waals surface area contributed by atoms with Gasteiger partial charge in [0.15, 0.2) is 0 Å². The van der Waals surface area contributed by atoms with E-state index in [4.69, 9.17) is 0 Å². The molecule has 0 aliphatic carbocycles. The Morgan fingerprint density at radius 1 is 1.11 bits per heavy atom. The Bertz CT molecular complexity index is 544. The summed E-state index contributed by atoms with van der Waals surface area (Å²) in [7, 11) is 0. The van der Waals surface area contributed by atoms with Crippen LogP contribution in [0, 0.1) is 5.82 Å². The predicted octanol–water partition coefficient (Wildman–Crippen LogP) is 2.63.